The molecule has 21 heavy (non-hydrogen) atoms. The number of ether oxygens (including phenoxy) is 1. The van der Waals surface area contributed by atoms with Crippen LogP contribution < -0.4 is 0 Å². The van der Waals surface area contributed by atoms with Crippen LogP contribution in [0.5, 0.6) is 0 Å². The van der Waals surface area contributed by atoms with Gasteiger partial charge in [0, 0.05) is 27.6 Å². The van der Waals surface area contributed by atoms with Crippen LogP contribution in [0.15, 0.2) is 29.5 Å². The maximum Gasteiger partial charge on any atom is 0.337 e. The molecule has 3 N–H and O–H groups in total. The van der Waals surface area contributed by atoms with Crippen LogP contribution in [-0.2, 0) is 4.74 Å². The van der Waals surface area contributed by atoms with Gasteiger partial charge in [-0.05, 0) is 17.7 Å². The molecule has 2 atom stereocenters. The van der Waals surface area contributed by atoms with Crippen LogP contribution in [0.4, 0.5) is 0 Å². The van der Waals surface area contributed by atoms with E-state index in [0.717, 1.165) is 0 Å². The molecule has 110 valence electrons. The number of H-pyrrole nitrogens is 1. The maximum absolute atomic E-state index is 11.5. The molecule has 2 unspecified atom stereocenters. The van der Waals surface area contributed by atoms with E-state index in [-0.39, 0.29) is 6.54 Å². The number of benzene rings is 1. The number of aromatic nitrogens is 1. The van der Waals surface area contributed by atoms with Gasteiger partial charge in [0.25, 0.3) is 0 Å². The van der Waals surface area contributed by atoms with Gasteiger partial charge in [0.15, 0.2) is 0 Å². The topological polar surface area (TPSA) is 131 Å². The number of carbonyl (C=O) groups is 1. The summed E-state index contributed by atoms with van der Waals surface area (Å²) in [6.45, 7) is -0.232. The molecule has 1 aromatic heterocycles. The van der Waals surface area contributed by atoms with Crippen molar-refractivity contribution < 1.29 is 19.7 Å². The Morgan fingerprint density at radius 1 is 1.52 bits per heavy atom. The van der Waals surface area contributed by atoms with E-state index in [1.165, 1.54) is 13.3 Å². The number of hydrogen-bond acceptors (Lipinski definition) is 5. The molecule has 1 aromatic carbocycles. The summed E-state index contributed by atoms with van der Waals surface area (Å²) >= 11 is 0. The standard InChI is InChI=1S/C13H14N4O4/c1-21-13(20)7-2-3-8-9(5-15-10(8)4-7)12(19)11(18)6-16-17-14/h2-5,11-12,15,18-19H,6H2,1H3. The fourth-order valence-electron chi connectivity index (χ4n) is 2.07. The average molecular weight is 290 g/mol. The lowest BCUT2D eigenvalue weighted by molar-refractivity contribution is 0.0253. The van der Waals surface area contributed by atoms with Gasteiger partial charge in [0.05, 0.1) is 25.3 Å². The molecule has 8 nitrogen and oxygen atoms in total. The molecular weight excluding hydrogens is 276 g/mol. The van der Waals surface area contributed by atoms with Crippen LogP contribution in [0, 0.1) is 0 Å². The summed E-state index contributed by atoms with van der Waals surface area (Å²) in [5.74, 6) is -0.461. The molecule has 0 fully saturated rings. The van der Waals surface area contributed by atoms with E-state index < -0.39 is 18.2 Å². The number of methoxy groups -OCH3 is 1. The largest absolute Gasteiger partial charge is 0.465 e. The zero-order chi connectivity index (χ0) is 15.4. The number of aromatic amines is 1. The van der Waals surface area contributed by atoms with Gasteiger partial charge in [-0.15, -0.1) is 0 Å². The number of esters is 1. The van der Waals surface area contributed by atoms with Crippen molar-refractivity contribution in [2.45, 2.75) is 12.2 Å². The Bertz CT molecular complexity index is 705. The quantitative estimate of drug-likeness (QED) is 0.334. The van der Waals surface area contributed by atoms with Crippen molar-refractivity contribution >= 4 is 16.9 Å². The minimum Gasteiger partial charge on any atom is -0.465 e. The number of aliphatic hydroxyl groups is 2. The summed E-state index contributed by atoms with van der Waals surface area (Å²) in [6.07, 6.45) is -0.871. The van der Waals surface area contributed by atoms with Gasteiger partial charge in [0.1, 0.15) is 6.10 Å². The number of azide groups is 1. The highest BCUT2D eigenvalue weighted by Crippen LogP contribution is 2.27. The van der Waals surface area contributed by atoms with E-state index in [2.05, 4.69) is 19.7 Å². The number of carbonyl (C=O) groups excluding carboxylic acids is 1. The van der Waals surface area contributed by atoms with Crippen molar-refractivity contribution in [1.29, 1.82) is 0 Å². The number of nitrogens with one attached hydrogen (secondary N) is 1. The highest BCUT2D eigenvalue weighted by atomic mass is 16.5. The van der Waals surface area contributed by atoms with Crippen molar-refractivity contribution in [2.75, 3.05) is 13.7 Å². The fourth-order valence-corrected chi connectivity index (χ4v) is 2.07. The van der Waals surface area contributed by atoms with Crippen LogP contribution >= 0.6 is 0 Å². The Morgan fingerprint density at radius 3 is 2.95 bits per heavy atom. The van der Waals surface area contributed by atoms with E-state index in [0.29, 0.717) is 22.0 Å². The van der Waals surface area contributed by atoms with Gasteiger partial charge < -0.3 is 19.9 Å². The number of nitrogens with zero attached hydrogens (tertiary/aromatic N) is 3. The van der Waals surface area contributed by atoms with Gasteiger partial charge in [-0.3, -0.25) is 0 Å². The summed E-state index contributed by atoms with van der Waals surface area (Å²) in [5.41, 5.74) is 9.69. The Labute approximate surface area is 119 Å². The first kappa shape index (κ1) is 14.9. The average Bonchev–Trinajstić information content (AvgIpc) is 2.93. The molecule has 1 heterocycles. The molecule has 2 rings (SSSR count). The van der Waals surface area contributed by atoms with E-state index in [1.54, 1.807) is 18.2 Å². The molecular formula is C13H14N4O4. The third kappa shape index (κ3) is 2.97. The number of hydrogen-bond donors (Lipinski definition) is 3. The van der Waals surface area contributed by atoms with Crippen molar-refractivity contribution in [3.05, 3.63) is 46.0 Å². The first-order chi connectivity index (χ1) is 10.1. The third-order valence-corrected chi connectivity index (χ3v) is 3.15. The Kier molecular flexibility index (Phi) is 4.44. The molecule has 0 saturated carbocycles. The molecule has 0 radical (unpaired) electrons. The fraction of sp³-hybridized carbons (Fsp3) is 0.308. The van der Waals surface area contributed by atoms with Crippen molar-refractivity contribution in [3.63, 3.8) is 0 Å². The first-order valence-electron chi connectivity index (χ1n) is 6.14. The molecule has 0 aliphatic carbocycles. The highest BCUT2D eigenvalue weighted by molar-refractivity contribution is 5.95. The second-order valence-corrected chi connectivity index (χ2v) is 4.42. The molecule has 2 aromatic rings. The monoisotopic (exact) mass is 290 g/mol. The zero-order valence-corrected chi connectivity index (χ0v) is 11.2. The van der Waals surface area contributed by atoms with Crippen LogP contribution in [0.2, 0.25) is 0 Å². The predicted octanol–water partition coefficient (Wildman–Crippen LogP) is 1.66. The number of aliphatic hydroxyl groups excluding tert-OH is 2. The van der Waals surface area contributed by atoms with Gasteiger partial charge in [0.2, 0.25) is 0 Å². The first-order valence-corrected chi connectivity index (χ1v) is 6.14. The van der Waals surface area contributed by atoms with Crippen molar-refractivity contribution in [1.82, 2.24) is 4.98 Å². The summed E-state index contributed by atoms with van der Waals surface area (Å²) in [6, 6.07) is 4.81. The van der Waals surface area contributed by atoms with Gasteiger partial charge in [-0.25, -0.2) is 4.79 Å². The SMILES string of the molecule is COC(=O)c1ccc2c(C(O)C(O)CN=[N+]=[N-])c[nH]c2c1. The van der Waals surface area contributed by atoms with Crippen LogP contribution in [0.25, 0.3) is 21.3 Å². The van der Waals surface area contributed by atoms with E-state index >= 15 is 0 Å². The van der Waals surface area contributed by atoms with Crippen LogP contribution in [-0.4, -0.2) is 40.9 Å². The minimum absolute atomic E-state index is 0.232. The van der Waals surface area contributed by atoms with Crippen LogP contribution in [0.3, 0.4) is 0 Å². The number of fused-ring (bicyclic) bond motifs is 1. The van der Waals surface area contributed by atoms with Gasteiger partial charge in [-0.1, -0.05) is 11.2 Å². The molecule has 0 bridgehead atoms. The predicted molar refractivity (Wildman–Crippen MR) is 74.6 cm³/mol. The van der Waals surface area contributed by atoms with Gasteiger partial charge >= 0.3 is 5.97 Å². The summed E-state index contributed by atoms with van der Waals surface area (Å²) < 4.78 is 4.63. The van der Waals surface area contributed by atoms with Gasteiger partial charge in [-0.2, -0.15) is 0 Å². The lowest BCUT2D eigenvalue weighted by Crippen LogP contribution is -2.20. The Hall–Kier alpha value is -2.54. The van der Waals surface area contributed by atoms with Crippen molar-refractivity contribution in [3.8, 4) is 0 Å². The highest BCUT2D eigenvalue weighted by Gasteiger charge is 2.21. The van der Waals surface area contributed by atoms with Crippen LogP contribution in [0.1, 0.15) is 22.0 Å². The smallest absolute Gasteiger partial charge is 0.337 e. The Morgan fingerprint density at radius 2 is 2.29 bits per heavy atom. The maximum atomic E-state index is 11.5. The summed E-state index contributed by atoms with van der Waals surface area (Å²) in [5, 5.41) is 23.7. The molecule has 0 spiro atoms. The minimum atomic E-state index is -1.21. The summed E-state index contributed by atoms with van der Waals surface area (Å²) in [4.78, 5) is 16.9. The molecule has 8 heteroatoms. The third-order valence-electron chi connectivity index (χ3n) is 3.15. The molecule has 0 aliphatic rings. The molecule has 0 aliphatic heterocycles. The zero-order valence-electron chi connectivity index (χ0n) is 11.2. The lowest BCUT2D eigenvalue weighted by Gasteiger charge is -2.15. The normalized spacial score (nSPS) is 13.5. The second kappa shape index (κ2) is 6.27. The number of rotatable bonds is 5. The van der Waals surface area contributed by atoms with E-state index in [4.69, 9.17) is 5.53 Å². The van der Waals surface area contributed by atoms with Crippen molar-refractivity contribution in [2.24, 2.45) is 5.11 Å². The second-order valence-electron chi connectivity index (χ2n) is 4.42. The summed E-state index contributed by atoms with van der Waals surface area (Å²) in [7, 11) is 1.29. The molecule has 0 saturated heterocycles. The van der Waals surface area contributed by atoms with E-state index in [1.807, 2.05) is 0 Å². The Balaban J connectivity index is 2.33. The molecule has 0 amide bonds. The van der Waals surface area contributed by atoms with E-state index in [9.17, 15) is 15.0 Å². The lowest BCUT2D eigenvalue weighted by atomic mass is 10.0.